The fourth-order valence-corrected chi connectivity index (χ4v) is 1.84. The Morgan fingerprint density at radius 1 is 1.33 bits per heavy atom. The lowest BCUT2D eigenvalue weighted by molar-refractivity contribution is -0.116. The largest absolute Gasteiger partial charge is 0.497 e. The smallest absolute Gasteiger partial charge is 0.337 e. The van der Waals surface area contributed by atoms with Crippen molar-refractivity contribution in [2.75, 3.05) is 12.4 Å². The highest BCUT2D eigenvalue weighted by Gasteiger charge is 2.14. The number of aryl methyl sites for hydroxylation is 1. The molecular formula is C15H15NO5. The van der Waals surface area contributed by atoms with Crippen LogP contribution in [0.5, 0.6) is 5.75 Å². The summed E-state index contributed by atoms with van der Waals surface area (Å²) >= 11 is 0. The normalized spacial score (nSPS) is 10.1. The van der Waals surface area contributed by atoms with E-state index in [2.05, 4.69) is 5.32 Å². The van der Waals surface area contributed by atoms with Crippen LogP contribution >= 0.6 is 0 Å². The van der Waals surface area contributed by atoms with Gasteiger partial charge in [-0.2, -0.15) is 0 Å². The minimum Gasteiger partial charge on any atom is -0.497 e. The van der Waals surface area contributed by atoms with Crippen molar-refractivity contribution in [3.63, 3.8) is 0 Å². The maximum Gasteiger partial charge on any atom is 0.337 e. The van der Waals surface area contributed by atoms with Crippen molar-refractivity contribution in [2.24, 2.45) is 0 Å². The number of ether oxygens (including phenoxy) is 1. The SMILES string of the molecule is COc1ccc(NC(=O)CCc2ccco2)c(C(=O)O)c1. The molecular weight excluding hydrogens is 274 g/mol. The number of methoxy groups -OCH3 is 1. The number of carboxylic acids is 1. The number of hydrogen-bond acceptors (Lipinski definition) is 4. The molecule has 21 heavy (non-hydrogen) atoms. The van der Waals surface area contributed by atoms with Crippen molar-refractivity contribution >= 4 is 17.6 Å². The van der Waals surface area contributed by atoms with Gasteiger partial charge in [0.1, 0.15) is 11.5 Å². The molecule has 6 nitrogen and oxygen atoms in total. The molecule has 0 aliphatic heterocycles. The van der Waals surface area contributed by atoms with Gasteiger partial charge in [0.25, 0.3) is 0 Å². The van der Waals surface area contributed by atoms with E-state index in [0.29, 0.717) is 17.9 Å². The number of aromatic carboxylic acids is 1. The van der Waals surface area contributed by atoms with Crippen molar-refractivity contribution < 1.29 is 23.8 Å². The Balaban J connectivity index is 2.04. The van der Waals surface area contributed by atoms with Gasteiger partial charge in [-0.3, -0.25) is 4.79 Å². The van der Waals surface area contributed by atoms with Crippen LogP contribution in [0.3, 0.4) is 0 Å². The van der Waals surface area contributed by atoms with E-state index >= 15 is 0 Å². The predicted octanol–water partition coefficient (Wildman–Crippen LogP) is 2.56. The standard InChI is InChI=1S/C15H15NO5/c1-20-11-4-6-13(12(9-11)15(18)19)16-14(17)7-5-10-3-2-8-21-10/h2-4,6,8-9H,5,7H2,1H3,(H,16,17)(H,18,19). The summed E-state index contributed by atoms with van der Waals surface area (Å²) in [6.07, 6.45) is 2.20. The zero-order valence-corrected chi connectivity index (χ0v) is 11.5. The van der Waals surface area contributed by atoms with E-state index in [1.54, 1.807) is 24.5 Å². The molecule has 0 aliphatic rings. The molecule has 0 aliphatic carbocycles. The van der Waals surface area contributed by atoms with Crippen LogP contribution in [0.1, 0.15) is 22.5 Å². The molecule has 1 heterocycles. The fourth-order valence-electron chi connectivity index (χ4n) is 1.84. The van der Waals surface area contributed by atoms with Crippen LogP contribution in [0.15, 0.2) is 41.0 Å². The van der Waals surface area contributed by atoms with Gasteiger partial charge in [0, 0.05) is 12.8 Å². The van der Waals surface area contributed by atoms with E-state index in [9.17, 15) is 9.59 Å². The maximum atomic E-state index is 11.9. The van der Waals surface area contributed by atoms with Gasteiger partial charge in [-0.05, 0) is 30.3 Å². The molecule has 1 aromatic heterocycles. The average Bonchev–Trinajstić information content (AvgIpc) is 2.98. The van der Waals surface area contributed by atoms with E-state index in [0.717, 1.165) is 0 Å². The molecule has 110 valence electrons. The van der Waals surface area contributed by atoms with E-state index in [1.165, 1.54) is 19.2 Å². The second-order valence-electron chi connectivity index (χ2n) is 4.34. The van der Waals surface area contributed by atoms with Crippen molar-refractivity contribution in [3.8, 4) is 5.75 Å². The molecule has 0 saturated heterocycles. The van der Waals surface area contributed by atoms with Gasteiger partial charge in [-0.15, -0.1) is 0 Å². The number of carbonyl (C=O) groups is 2. The Morgan fingerprint density at radius 2 is 2.14 bits per heavy atom. The molecule has 0 saturated carbocycles. The summed E-state index contributed by atoms with van der Waals surface area (Å²) in [6, 6.07) is 7.99. The lowest BCUT2D eigenvalue weighted by Gasteiger charge is -2.09. The molecule has 0 radical (unpaired) electrons. The van der Waals surface area contributed by atoms with E-state index in [-0.39, 0.29) is 23.6 Å². The van der Waals surface area contributed by atoms with Gasteiger partial charge in [0.05, 0.1) is 24.6 Å². The lowest BCUT2D eigenvalue weighted by atomic mass is 10.1. The first-order chi connectivity index (χ1) is 10.1. The van der Waals surface area contributed by atoms with Crippen LogP contribution in [-0.4, -0.2) is 24.1 Å². The predicted molar refractivity (Wildman–Crippen MR) is 75.6 cm³/mol. The molecule has 1 aromatic carbocycles. The number of benzene rings is 1. The Morgan fingerprint density at radius 3 is 2.76 bits per heavy atom. The lowest BCUT2D eigenvalue weighted by Crippen LogP contribution is -2.15. The van der Waals surface area contributed by atoms with Crippen molar-refractivity contribution in [3.05, 3.63) is 47.9 Å². The second kappa shape index (κ2) is 6.60. The minimum atomic E-state index is -1.13. The number of hydrogen-bond donors (Lipinski definition) is 2. The number of carbonyl (C=O) groups excluding carboxylic acids is 1. The summed E-state index contributed by atoms with van der Waals surface area (Å²) < 4.78 is 10.1. The topological polar surface area (TPSA) is 88.8 Å². The summed E-state index contributed by atoms with van der Waals surface area (Å²) in [5, 5.41) is 11.7. The molecule has 2 N–H and O–H groups in total. The molecule has 0 atom stereocenters. The minimum absolute atomic E-state index is 0.0132. The van der Waals surface area contributed by atoms with Crippen LogP contribution in [0.2, 0.25) is 0 Å². The van der Waals surface area contributed by atoms with Crippen LogP contribution in [0, 0.1) is 0 Å². The van der Waals surface area contributed by atoms with Crippen LogP contribution < -0.4 is 10.1 Å². The molecule has 2 aromatic rings. The summed E-state index contributed by atoms with van der Waals surface area (Å²) in [7, 11) is 1.45. The number of nitrogens with one attached hydrogen (secondary N) is 1. The van der Waals surface area contributed by atoms with Crippen molar-refractivity contribution in [1.82, 2.24) is 0 Å². The summed E-state index contributed by atoms with van der Waals surface area (Å²) in [4.78, 5) is 23.1. The third-order valence-corrected chi connectivity index (χ3v) is 2.91. The average molecular weight is 289 g/mol. The van der Waals surface area contributed by atoms with E-state index in [4.69, 9.17) is 14.3 Å². The molecule has 0 fully saturated rings. The van der Waals surface area contributed by atoms with Gasteiger partial charge in [-0.25, -0.2) is 4.79 Å². The molecule has 0 unspecified atom stereocenters. The van der Waals surface area contributed by atoms with Gasteiger partial charge < -0.3 is 19.6 Å². The Hall–Kier alpha value is -2.76. The summed E-state index contributed by atoms with van der Waals surface area (Å²) in [6.45, 7) is 0. The highest BCUT2D eigenvalue weighted by Crippen LogP contribution is 2.22. The first kappa shape index (κ1) is 14.6. The highest BCUT2D eigenvalue weighted by atomic mass is 16.5. The highest BCUT2D eigenvalue weighted by molar-refractivity contribution is 6.00. The third-order valence-electron chi connectivity index (χ3n) is 2.91. The van der Waals surface area contributed by atoms with Gasteiger partial charge >= 0.3 is 5.97 Å². The van der Waals surface area contributed by atoms with Crippen molar-refractivity contribution in [2.45, 2.75) is 12.8 Å². The van der Waals surface area contributed by atoms with Gasteiger partial charge in [-0.1, -0.05) is 0 Å². The van der Waals surface area contributed by atoms with Gasteiger partial charge in [0.2, 0.25) is 5.91 Å². The van der Waals surface area contributed by atoms with Crippen LogP contribution in [-0.2, 0) is 11.2 Å². The first-order valence-electron chi connectivity index (χ1n) is 6.33. The Labute approximate surface area is 121 Å². The molecule has 0 spiro atoms. The third kappa shape index (κ3) is 3.85. The van der Waals surface area contributed by atoms with Gasteiger partial charge in [0.15, 0.2) is 0 Å². The fraction of sp³-hybridized carbons (Fsp3) is 0.200. The molecule has 0 bridgehead atoms. The van der Waals surface area contributed by atoms with E-state index in [1.807, 2.05) is 0 Å². The number of amides is 1. The zero-order chi connectivity index (χ0) is 15.2. The Kier molecular flexibility index (Phi) is 4.61. The Bertz CT molecular complexity index is 634. The molecule has 1 amide bonds. The number of carboxylic acid groups (broad SMARTS) is 1. The molecule has 2 rings (SSSR count). The number of rotatable bonds is 6. The quantitative estimate of drug-likeness (QED) is 0.853. The number of furan rings is 1. The second-order valence-corrected chi connectivity index (χ2v) is 4.34. The number of anilines is 1. The van der Waals surface area contributed by atoms with Crippen LogP contribution in [0.4, 0.5) is 5.69 Å². The zero-order valence-electron chi connectivity index (χ0n) is 11.5. The summed E-state index contributed by atoms with van der Waals surface area (Å²) in [5.41, 5.74) is 0.230. The first-order valence-corrected chi connectivity index (χ1v) is 6.33. The van der Waals surface area contributed by atoms with Crippen molar-refractivity contribution in [1.29, 1.82) is 0 Å². The molecule has 6 heteroatoms. The monoisotopic (exact) mass is 289 g/mol. The summed E-state index contributed by atoms with van der Waals surface area (Å²) in [5.74, 6) is -0.284. The maximum absolute atomic E-state index is 11.9. The van der Waals surface area contributed by atoms with E-state index < -0.39 is 5.97 Å². The van der Waals surface area contributed by atoms with Crippen LogP contribution in [0.25, 0.3) is 0 Å².